The SMILES string of the molecule is C=CC(=O)NC1CN(C2=C3C=NC=C3NCN2C#Cc2cc(OC)cc(OC)c2)C1. The Hall–Kier alpha value is -3.86. The number of aliphatic imine (C=N–C) groups is 1. The second-order valence-electron chi connectivity index (χ2n) is 6.97. The first-order chi connectivity index (χ1) is 14.6. The van der Waals surface area contributed by atoms with E-state index in [0.717, 1.165) is 22.7 Å². The highest BCUT2D eigenvalue weighted by Gasteiger charge is 2.35. The second kappa shape index (κ2) is 8.25. The molecule has 30 heavy (non-hydrogen) atoms. The average molecular weight is 405 g/mol. The van der Waals surface area contributed by atoms with Crippen LogP contribution in [0.15, 0.2) is 59.1 Å². The molecular weight excluding hydrogens is 382 g/mol. The molecule has 1 amide bonds. The predicted molar refractivity (Wildman–Crippen MR) is 114 cm³/mol. The minimum absolute atomic E-state index is 0.0849. The van der Waals surface area contributed by atoms with E-state index in [1.165, 1.54) is 6.08 Å². The number of allylic oxidation sites excluding steroid dienone is 1. The van der Waals surface area contributed by atoms with E-state index in [4.69, 9.17) is 9.47 Å². The molecule has 2 N–H and O–H groups in total. The summed E-state index contributed by atoms with van der Waals surface area (Å²) in [5.41, 5.74) is 2.76. The Labute approximate surface area is 175 Å². The minimum atomic E-state index is -0.158. The third-order valence-electron chi connectivity index (χ3n) is 5.02. The lowest BCUT2D eigenvalue weighted by Crippen LogP contribution is -2.61. The van der Waals surface area contributed by atoms with E-state index in [-0.39, 0.29) is 11.9 Å². The van der Waals surface area contributed by atoms with Crippen molar-refractivity contribution in [2.45, 2.75) is 6.04 Å². The smallest absolute Gasteiger partial charge is 0.243 e. The number of likely N-dealkylation sites (tertiary alicyclic amines) is 1. The third-order valence-corrected chi connectivity index (χ3v) is 5.02. The van der Waals surface area contributed by atoms with Gasteiger partial charge in [-0.3, -0.25) is 14.7 Å². The zero-order chi connectivity index (χ0) is 21.1. The summed E-state index contributed by atoms with van der Waals surface area (Å²) < 4.78 is 10.7. The van der Waals surface area contributed by atoms with Crippen LogP contribution in [0.25, 0.3) is 0 Å². The molecule has 0 aliphatic carbocycles. The fourth-order valence-electron chi connectivity index (χ4n) is 3.48. The summed E-state index contributed by atoms with van der Waals surface area (Å²) in [5.74, 6) is 5.39. The minimum Gasteiger partial charge on any atom is -0.497 e. The van der Waals surface area contributed by atoms with Gasteiger partial charge >= 0.3 is 0 Å². The molecule has 1 fully saturated rings. The molecule has 3 aliphatic rings. The van der Waals surface area contributed by atoms with Crippen LogP contribution < -0.4 is 20.1 Å². The molecule has 0 aromatic heterocycles. The van der Waals surface area contributed by atoms with Crippen molar-refractivity contribution in [2.75, 3.05) is 34.0 Å². The van der Waals surface area contributed by atoms with Crippen LogP contribution in [-0.4, -0.2) is 61.9 Å². The predicted octanol–water partition coefficient (Wildman–Crippen LogP) is 0.999. The number of carbonyl (C=O) groups is 1. The summed E-state index contributed by atoms with van der Waals surface area (Å²) in [6.45, 7) is 5.43. The van der Waals surface area contributed by atoms with Gasteiger partial charge < -0.3 is 25.0 Å². The molecule has 3 heterocycles. The van der Waals surface area contributed by atoms with Crippen molar-refractivity contribution in [1.82, 2.24) is 20.4 Å². The quantitative estimate of drug-likeness (QED) is 0.562. The highest BCUT2D eigenvalue weighted by molar-refractivity contribution is 5.89. The van der Waals surface area contributed by atoms with Crippen LogP contribution in [0.3, 0.4) is 0 Å². The van der Waals surface area contributed by atoms with Crippen LogP contribution in [0, 0.1) is 12.0 Å². The van der Waals surface area contributed by atoms with Crippen molar-refractivity contribution >= 4 is 12.1 Å². The van der Waals surface area contributed by atoms with Gasteiger partial charge in [-0.15, -0.1) is 0 Å². The van der Waals surface area contributed by atoms with Crippen LogP contribution in [0.1, 0.15) is 5.56 Å². The molecule has 4 rings (SSSR count). The summed E-state index contributed by atoms with van der Waals surface area (Å²) in [7, 11) is 3.23. The molecule has 0 saturated carbocycles. The Kier molecular flexibility index (Phi) is 5.35. The first-order valence-electron chi connectivity index (χ1n) is 9.53. The van der Waals surface area contributed by atoms with Crippen LogP contribution in [0.2, 0.25) is 0 Å². The Morgan fingerprint density at radius 2 is 2.03 bits per heavy atom. The van der Waals surface area contributed by atoms with Gasteiger partial charge in [-0.1, -0.05) is 6.58 Å². The summed E-state index contributed by atoms with van der Waals surface area (Å²) >= 11 is 0. The fraction of sp³-hybridized carbons (Fsp3) is 0.273. The summed E-state index contributed by atoms with van der Waals surface area (Å²) in [5, 5.41) is 6.27. The van der Waals surface area contributed by atoms with Gasteiger partial charge in [-0.25, -0.2) is 0 Å². The van der Waals surface area contributed by atoms with Gasteiger partial charge in [0.1, 0.15) is 24.0 Å². The van der Waals surface area contributed by atoms with Crippen molar-refractivity contribution in [2.24, 2.45) is 4.99 Å². The lowest BCUT2D eigenvalue weighted by molar-refractivity contribution is -0.118. The Balaban J connectivity index is 1.58. The van der Waals surface area contributed by atoms with Crippen LogP contribution in [-0.2, 0) is 4.79 Å². The molecule has 3 aliphatic heterocycles. The maximum atomic E-state index is 11.6. The maximum Gasteiger partial charge on any atom is 0.243 e. The molecule has 8 heteroatoms. The van der Waals surface area contributed by atoms with Gasteiger partial charge in [0, 0.05) is 37.0 Å². The molecule has 1 saturated heterocycles. The zero-order valence-electron chi connectivity index (χ0n) is 16.9. The van der Waals surface area contributed by atoms with Gasteiger partial charge in [0.25, 0.3) is 0 Å². The van der Waals surface area contributed by atoms with E-state index in [1.54, 1.807) is 14.2 Å². The summed E-state index contributed by atoms with van der Waals surface area (Å²) in [6, 6.07) is 8.87. The van der Waals surface area contributed by atoms with E-state index in [0.29, 0.717) is 31.3 Å². The molecule has 8 nitrogen and oxygen atoms in total. The zero-order valence-corrected chi connectivity index (χ0v) is 16.9. The van der Waals surface area contributed by atoms with Crippen molar-refractivity contribution in [1.29, 1.82) is 0 Å². The highest BCUT2D eigenvalue weighted by Crippen LogP contribution is 2.29. The lowest BCUT2D eigenvalue weighted by Gasteiger charge is -2.46. The molecular formula is C22H23N5O3. The van der Waals surface area contributed by atoms with Crippen molar-refractivity contribution in [3.8, 4) is 23.5 Å². The Morgan fingerprint density at radius 3 is 2.70 bits per heavy atom. The molecule has 1 aromatic carbocycles. The largest absolute Gasteiger partial charge is 0.497 e. The molecule has 0 atom stereocenters. The first kappa shape index (κ1) is 19.5. The van der Waals surface area contributed by atoms with Gasteiger partial charge in [0.2, 0.25) is 5.91 Å². The highest BCUT2D eigenvalue weighted by atomic mass is 16.5. The molecule has 0 bridgehead atoms. The van der Waals surface area contributed by atoms with Crippen LogP contribution in [0.4, 0.5) is 0 Å². The van der Waals surface area contributed by atoms with Crippen LogP contribution in [0.5, 0.6) is 11.5 Å². The number of carbonyl (C=O) groups excluding carboxylic acids is 1. The van der Waals surface area contributed by atoms with Crippen molar-refractivity contribution in [3.63, 3.8) is 0 Å². The third kappa shape index (κ3) is 3.82. The number of hydrogen-bond acceptors (Lipinski definition) is 7. The lowest BCUT2D eigenvalue weighted by atomic mass is 10.1. The van der Waals surface area contributed by atoms with E-state index in [2.05, 4.69) is 39.1 Å². The van der Waals surface area contributed by atoms with Crippen LogP contribution >= 0.6 is 0 Å². The van der Waals surface area contributed by atoms with Gasteiger partial charge in [-0.05, 0) is 24.1 Å². The topological polar surface area (TPSA) is 78.4 Å². The number of benzene rings is 1. The summed E-state index contributed by atoms with van der Waals surface area (Å²) in [4.78, 5) is 20.0. The molecule has 1 aromatic rings. The van der Waals surface area contributed by atoms with Gasteiger partial charge in [0.15, 0.2) is 0 Å². The van der Waals surface area contributed by atoms with Crippen molar-refractivity contribution < 1.29 is 14.3 Å². The fourth-order valence-corrected chi connectivity index (χ4v) is 3.48. The maximum absolute atomic E-state index is 11.6. The van der Waals surface area contributed by atoms with E-state index >= 15 is 0 Å². The Bertz CT molecular complexity index is 1000. The van der Waals surface area contributed by atoms with Crippen molar-refractivity contribution in [3.05, 3.63) is 59.7 Å². The van der Waals surface area contributed by atoms with Gasteiger partial charge in [0.05, 0.1) is 37.7 Å². The number of amides is 1. The first-order valence-corrected chi connectivity index (χ1v) is 9.53. The van der Waals surface area contributed by atoms with E-state index in [9.17, 15) is 4.79 Å². The number of methoxy groups -OCH3 is 2. The number of ether oxygens (including phenoxy) is 2. The summed E-state index contributed by atoms with van der Waals surface area (Å²) in [6.07, 6.45) is 4.93. The van der Waals surface area contributed by atoms with E-state index < -0.39 is 0 Å². The van der Waals surface area contributed by atoms with E-state index in [1.807, 2.05) is 35.5 Å². The van der Waals surface area contributed by atoms with Gasteiger partial charge in [-0.2, -0.15) is 0 Å². The Morgan fingerprint density at radius 1 is 1.30 bits per heavy atom. The molecule has 154 valence electrons. The number of hydrogen-bond donors (Lipinski definition) is 2. The number of nitrogens with zero attached hydrogens (tertiary/aromatic N) is 3. The second-order valence-corrected chi connectivity index (χ2v) is 6.97. The number of nitrogens with one attached hydrogen (secondary N) is 2. The molecule has 0 unspecified atom stereocenters. The normalized spacial score (nSPS) is 17.2. The average Bonchev–Trinajstić information content (AvgIpc) is 3.22. The monoisotopic (exact) mass is 405 g/mol. The standard InChI is InChI=1S/C22H23N5O3/c1-4-21(28)25-16-12-27(13-16)22-19-10-23-11-20(19)24-14-26(22)6-5-15-7-17(29-2)9-18(8-15)30-3/h4,7-11,16,24H,1,12-14H2,2-3H3,(H,25,28). The molecule has 0 spiro atoms. The number of rotatable bonds is 5. The molecule has 0 radical (unpaired) electrons. The number of fused-ring (bicyclic) bond motifs is 1.